The average Bonchev–Trinajstić information content (AvgIpc) is 2.41. The fraction of sp³-hybridized carbons (Fsp3) is 0.533. The van der Waals surface area contributed by atoms with Crippen LogP contribution in [0.25, 0.3) is 0 Å². The highest BCUT2D eigenvalue weighted by atomic mass is 16.5. The number of hydrogen-bond acceptors (Lipinski definition) is 4. The molecule has 1 atom stereocenters. The van der Waals surface area contributed by atoms with Crippen LogP contribution in [0.2, 0.25) is 0 Å². The molecule has 1 aromatic carbocycles. The van der Waals surface area contributed by atoms with Gasteiger partial charge in [-0.1, -0.05) is 26.0 Å². The normalized spacial score (nSPS) is 16.0. The maximum absolute atomic E-state index is 11.9. The predicted molar refractivity (Wildman–Crippen MR) is 78.0 cm³/mol. The molecule has 0 radical (unpaired) electrons. The fourth-order valence-corrected chi connectivity index (χ4v) is 2.17. The minimum absolute atomic E-state index is 0.0309. The molecule has 1 amide bonds. The SMILES string of the molecule is CC(C)CNCC(O)CN1C(=O)COc2ccccc21. The Kier molecular flexibility index (Phi) is 4.98. The summed E-state index contributed by atoms with van der Waals surface area (Å²) < 4.78 is 5.37. The Morgan fingerprint density at radius 2 is 2.10 bits per heavy atom. The summed E-state index contributed by atoms with van der Waals surface area (Å²) in [5.74, 6) is 1.11. The molecule has 0 bridgehead atoms. The number of carbonyl (C=O) groups excluding carboxylic acids is 1. The molecule has 1 aromatic rings. The molecule has 110 valence electrons. The molecular weight excluding hydrogens is 256 g/mol. The van der Waals surface area contributed by atoms with Gasteiger partial charge in [-0.3, -0.25) is 4.79 Å². The topological polar surface area (TPSA) is 61.8 Å². The third kappa shape index (κ3) is 3.71. The van der Waals surface area contributed by atoms with Crippen LogP contribution in [0.3, 0.4) is 0 Å². The first-order chi connectivity index (χ1) is 9.58. The van der Waals surface area contributed by atoms with Crippen molar-refractivity contribution in [3.8, 4) is 5.75 Å². The lowest BCUT2D eigenvalue weighted by Gasteiger charge is -2.31. The molecule has 1 aliphatic rings. The molecule has 1 unspecified atom stereocenters. The number of ether oxygens (including phenoxy) is 1. The maximum Gasteiger partial charge on any atom is 0.265 e. The molecule has 0 aliphatic carbocycles. The van der Waals surface area contributed by atoms with Gasteiger partial charge in [0.25, 0.3) is 5.91 Å². The lowest BCUT2D eigenvalue weighted by Crippen LogP contribution is -2.45. The summed E-state index contributed by atoms with van der Waals surface area (Å²) in [7, 11) is 0. The molecule has 0 spiro atoms. The molecule has 2 N–H and O–H groups in total. The highest BCUT2D eigenvalue weighted by Gasteiger charge is 2.26. The van der Waals surface area contributed by atoms with E-state index in [0.29, 0.717) is 18.2 Å². The minimum atomic E-state index is -0.594. The van der Waals surface area contributed by atoms with Crippen molar-refractivity contribution in [2.75, 3.05) is 31.1 Å². The molecule has 1 aliphatic heterocycles. The second-order valence-corrected chi connectivity index (χ2v) is 5.47. The van der Waals surface area contributed by atoms with Gasteiger partial charge in [-0.25, -0.2) is 0 Å². The number of fused-ring (bicyclic) bond motifs is 1. The minimum Gasteiger partial charge on any atom is -0.482 e. The first-order valence-electron chi connectivity index (χ1n) is 6.99. The van der Waals surface area contributed by atoms with Crippen molar-refractivity contribution in [2.45, 2.75) is 20.0 Å². The standard InChI is InChI=1S/C15H22N2O3/c1-11(2)7-16-8-12(18)9-17-13-5-3-4-6-14(13)20-10-15(17)19/h3-6,11-12,16,18H,7-10H2,1-2H3. The van der Waals surface area contributed by atoms with Gasteiger partial charge >= 0.3 is 0 Å². The van der Waals surface area contributed by atoms with Gasteiger partial charge in [-0.15, -0.1) is 0 Å². The summed E-state index contributed by atoms with van der Waals surface area (Å²) in [5.41, 5.74) is 0.728. The zero-order valence-corrected chi connectivity index (χ0v) is 12.0. The molecule has 20 heavy (non-hydrogen) atoms. The number of benzene rings is 1. The van der Waals surface area contributed by atoms with Crippen molar-refractivity contribution in [3.63, 3.8) is 0 Å². The molecule has 0 saturated heterocycles. The predicted octanol–water partition coefficient (Wildman–Crippen LogP) is 1.02. The summed E-state index contributed by atoms with van der Waals surface area (Å²) in [6.45, 7) is 5.87. The Bertz CT molecular complexity index is 462. The monoisotopic (exact) mass is 278 g/mol. The van der Waals surface area contributed by atoms with E-state index in [2.05, 4.69) is 19.2 Å². The van der Waals surface area contributed by atoms with Gasteiger partial charge in [0.05, 0.1) is 18.3 Å². The van der Waals surface area contributed by atoms with Crippen molar-refractivity contribution in [3.05, 3.63) is 24.3 Å². The Morgan fingerprint density at radius 3 is 2.85 bits per heavy atom. The van der Waals surface area contributed by atoms with Crippen LogP contribution in [0.15, 0.2) is 24.3 Å². The van der Waals surface area contributed by atoms with Gasteiger partial charge in [-0.05, 0) is 24.6 Å². The highest BCUT2D eigenvalue weighted by molar-refractivity contribution is 5.97. The molecule has 0 aromatic heterocycles. The van der Waals surface area contributed by atoms with E-state index in [-0.39, 0.29) is 19.1 Å². The summed E-state index contributed by atoms with van der Waals surface area (Å²) in [4.78, 5) is 13.5. The second kappa shape index (κ2) is 6.72. The van der Waals surface area contributed by atoms with Crippen molar-refractivity contribution < 1.29 is 14.6 Å². The first kappa shape index (κ1) is 14.8. The van der Waals surface area contributed by atoms with Gasteiger partial charge < -0.3 is 20.1 Å². The average molecular weight is 278 g/mol. The number of anilines is 1. The number of nitrogens with one attached hydrogen (secondary N) is 1. The molecule has 0 saturated carbocycles. The Labute approximate surface area is 119 Å². The molecule has 5 nitrogen and oxygen atoms in total. The van der Waals surface area contributed by atoms with E-state index in [1.165, 1.54) is 0 Å². The Balaban J connectivity index is 1.96. The van der Waals surface area contributed by atoms with E-state index >= 15 is 0 Å². The Hall–Kier alpha value is -1.59. The van der Waals surface area contributed by atoms with Crippen molar-refractivity contribution in [1.29, 1.82) is 0 Å². The number of carbonyl (C=O) groups is 1. The number of β-amino-alcohol motifs (C(OH)–C–C–N with tert-alkyl or cyclic N) is 1. The van der Waals surface area contributed by atoms with E-state index in [1.54, 1.807) is 4.90 Å². The summed E-state index contributed by atoms with van der Waals surface area (Å²) in [6.07, 6.45) is -0.594. The highest BCUT2D eigenvalue weighted by Crippen LogP contribution is 2.31. The molecule has 5 heteroatoms. The number of hydrogen-bond donors (Lipinski definition) is 2. The fourth-order valence-electron chi connectivity index (χ4n) is 2.17. The molecular formula is C15H22N2O3. The van der Waals surface area contributed by atoms with Crippen molar-refractivity contribution >= 4 is 11.6 Å². The van der Waals surface area contributed by atoms with Gasteiger partial charge in [-0.2, -0.15) is 0 Å². The quantitative estimate of drug-likeness (QED) is 0.815. The van der Waals surface area contributed by atoms with Crippen LogP contribution in [0.1, 0.15) is 13.8 Å². The largest absolute Gasteiger partial charge is 0.482 e. The van der Waals surface area contributed by atoms with Crippen LogP contribution in [-0.2, 0) is 4.79 Å². The van der Waals surface area contributed by atoms with Crippen molar-refractivity contribution in [2.24, 2.45) is 5.92 Å². The van der Waals surface area contributed by atoms with Gasteiger partial charge in [0.2, 0.25) is 0 Å². The molecule has 2 rings (SSSR count). The van der Waals surface area contributed by atoms with E-state index in [4.69, 9.17) is 4.74 Å². The maximum atomic E-state index is 11.9. The van der Waals surface area contributed by atoms with E-state index in [9.17, 15) is 9.90 Å². The van der Waals surface area contributed by atoms with E-state index < -0.39 is 6.10 Å². The summed E-state index contributed by atoms with van der Waals surface area (Å²) >= 11 is 0. The number of para-hydroxylation sites is 2. The number of rotatable bonds is 6. The number of nitrogens with zero attached hydrogens (tertiary/aromatic N) is 1. The van der Waals surface area contributed by atoms with Crippen LogP contribution >= 0.6 is 0 Å². The first-order valence-corrected chi connectivity index (χ1v) is 6.99. The van der Waals surface area contributed by atoms with Crippen LogP contribution < -0.4 is 15.0 Å². The van der Waals surface area contributed by atoms with Crippen LogP contribution in [0.5, 0.6) is 5.75 Å². The van der Waals surface area contributed by atoms with Crippen molar-refractivity contribution in [1.82, 2.24) is 5.32 Å². The van der Waals surface area contributed by atoms with E-state index in [0.717, 1.165) is 12.2 Å². The van der Waals surface area contributed by atoms with Crippen LogP contribution in [-0.4, -0.2) is 43.4 Å². The smallest absolute Gasteiger partial charge is 0.265 e. The van der Waals surface area contributed by atoms with Crippen LogP contribution in [0.4, 0.5) is 5.69 Å². The zero-order chi connectivity index (χ0) is 14.5. The third-order valence-corrected chi connectivity index (χ3v) is 3.13. The van der Waals surface area contributed by atoms with Gasteiger partial charge in [0.1, 0.15) is 5.75 Å². The number of aliphatic hydroxyl groups excluding tert-OH is 1. The summed E-state index contributed by atoms with van der Waals surface area (Å²) in [5, 5.41) is 13.3. The third-order valence-electron chi connectivity index (χ3n) is 3.13. The van der Waals surface area contributed by atoms with Gasteiger partial charge in [0.15, 0.2) is 6.61 Å². The molecule has 0 fully saturated rings. The lowest BCUT2D eigenvalue weighted by molar-refractivity contribution is -0.121. The number of aliphatic hydroxyl groups is 1. The second-order valence-electron chi connectivity index (χ2n) is 5.47. The number of amides is 1. The van der Waals surface area contributed by atoms with Crippen LogP contribution in [0, 0.1) is 5.92 Å². The Morgan fingerprint density at radius 1 is 1.35 bits per heavy atom. The molecule has 1 heterocycles. The van der Waals surface area contributed by atoms with E-state index in [1.807, 2.05) is 24.3 Å². The van der Waals surface area contributed by atoms with Gasteiger partial charge in [0, 0.05) is 6.54 Å². The lowest BCUT2D eigenvalue weighted by atomic mass is 10.2. The zero-order valence-electron chi connectivity index (χ0n) is 12.0. The summed E-state index contributed by atoms with van der Waals surface area (Å²) in [6, 6.07) is 7.39.